The molecule has 0 radical (unpaired) electrons. The Balaban J connectivity index is 2.71. The molecule has 1 aliphatic carbocycles. The first-order chi connectivity index (χ1) is 4.75. The average molecular weight is 252 g/mol. The van der Waals surface area contributed by atoms with Gasteiger partial charge in [0.1, 0.15) is 0 Å². The lowest BCUT2D eigenvalue weighted by Crippen LogP contribution is -2.02. The summed E-state index contributed by atoms with van der Waals surface area (Å²) >= 11 is 2.21. The van der Waals surface area contributed by atoms with Crippen LogP contribution in [0.3, 0.4) is 0 Å². The first-order valence-electron chi connectivity index (χ1n) is 3.21. The van der Waals surface area contributed by atoms with Crippen LogP contribution in [-0.2, 0) is 9.53 Å². The summed E-state index contributed by atoms with van der Waals surface area (Å²) in [5.41, 5.74) is 0.878. The van der Waals surface area contributed by atoms with Crippen molar-refractivity contribution in [2.24, 2.45) is 0 Å². The summed E-state index contributed by atoms with van der Waals surface area (Å²) in [5.74, 6) is -0.151. The summed E-state index contributed by atoms with van der Waals surface area (Å²) in [6, 6.07) is 0. The molecule has 0 saturated heterocycles. The number of carbonyl (C=O) groups is 1. The molecule has 1 rings (SSSR count). The number of allylic oxidation sites excluding steroid dienone is 1. The van der Waals surface area contributed by atoms with Gasteiger partial charge in [0.05, 0.1) is 7.11 Å². The van der Waals surface area contributed by atoms with E-state index in [0.29, 0.717) is 0 Å². The molecule has 0 unspecified atom stereocenters. The summed E-state index contributed by atoms with van der Waals surface area (Å²) in [6.07, 6.45) is 3.04. The fourth-order valence-corrected chi connectivity index (χ4v) is 1.91. The highest BCUT2D eigenvalue weighted by Crippen LogP contribution is 2.31. The highest BCUT2D eigenvalue weighted by atomic mass is 127. The molecule has 10 heavy (non-hydrogen) atoms. The second-order valence-corrected chi connectivity index (χ2v) is 3.53. The molecular formula is C7H9IO2. The number of hydrogen-bond donors (Lipinski definition) is 0. The predicted molar refractivity (Wildman–Crippen MR) is 46.9 cm³/mol. The number of hydrogen-bond acceptors (Lipinski definition) is 2. The van der Waals surface area contributed by atoms with Crippen molar-refractivity contribution in [2.75, 3.05) is 7.11 Å². The lowest BCUT2D eigenvalue weighted by molar-refractivity contribution is -0.136. The second kappa shape index (κ2) is 3.37. The van der Waals surface area contributed by atoms with Crippen molar-refractivity contribution in [3.63, 3.8) is 0 Å². The zero-order valence-corrected chi connectivity index (χ0v) is 7.97. The van der Waals surface area contributed by atoms with Gasteiger partial charge in [-0.1, -0.05) is 0 Å². The maximum Gasteiger partial charge on any atom is 0.334 e. The number of methoxy groups -OCH3 is 1. The van der Waals surface area contributed by atoms with E-state index in [1.165, 1.54) is 10.7 Å². The molecule has 0 aliphatic heterocycles. The van der Waals surface area contributed by atoms with Crippen molar-refractivity contribution in [3.05, 3.63) is 9.15 Å². The monoisotopic (exact) mass is 252 g/mol. The Morgan fingerprint density at radius 2 is 2.30 bits per heavy atom. The Hall–Kier alpha value is -0.0600. The first-order valence-corrected chi connectivity index (χ1v) is 4.29. The van der Waals surface area contributed by atoms with E-state index < -0.39 is 0 Å². The van der Waals surface area contributed by atoms with Crippen molar-refractivity contribution in [3.8, 4) is 0 Å². The topological polar surface area (TPSA) is 26.3 Å². The van der Waals surface area contributed by atoms with E-state index in [2.05, 4.69) is 27.3 Å². The largest absolute Gasteiger partial charge is 0.466 e. The Morgan fingerprint density at radius 1 is 1.60 bits per heavy atom. The predicted octanol–water partition coefficient (Wildman–Crippen LogP) is 2.03. The molecule has 0 aromatic carbocycles. The molecule has 0 atom stereocenters. The van der Waals surface area contributed by atoms with Gasteiger partial charge >= 0.3 is 5.97 Å². The van der Waals surface area contributed by atoms with Crippen LogP contribution in [0.2, 0.25) is 0 Å². The van der Waals surface area contributed by atoms with Crippen LogP contribution in [0.5, 0.6) is 0 Å². The third kappa shape index (κ3) is 1.51. The molecule has 0 amide bonds. The van der Waals surface area contributed by atoms with Crippen LogP contribution in [0.4, 0.5) is 0 Å². The summed E-state index contributed by atoms with van der Waals surface area (Å²) in [7, 11) is 1.43. The second-order valence-electron chi connectivity index (χ2n) is 2.23. The van der Waals surface area contributed by atoms with Gasteiger partial charge in [0, 0.05) is 9.15 Å². The minimum absolute atomic E-state index is 0.151. The quantitative estimate of drug-likeness (QED) is 0.527. The maximum absolute atomic E-state index is 10.9. The van der Waals surface area contributed by atoms with Crippen LogP contribution >= 0.6 is 22.6 Å². The van der Waals surface area contributed by atoms with Gasteiger partial charge in [0.25, 0.3) is 0 Å². The fourth-order valence-electron chi connectivity index (χ4n) is 1.04. The van der Waals surface area contributed by atoms with Crippen LogP contribution < -0.4 is 0 Å². The van der Waals surface area contributed by atoms with E-state index in [1.54, 1.807) is 0 Å². The van der Waals surface area contributed by atoms with E-state index >= 15 is 0 Å². The van der Waals surface area contributed by atoms with Gasteiger partial charge < -0.3 is 4.74 Å². The smallest absolute Gasteiger partial charge is 0.334 e. The van der Waals surface area contributed by atoms with Crippen LogP contribution in [0.1, 0.15) is 19.3 Å². The number of halogens is 1. The Morgan fingerprint density at radius 3 is 2.70 bits per heavy atom. The number of esters is 1. The summed E-state index contributed by atoms with van der Waals surface area (Å²) < 4.78 is 5.77. The molecule has 0 aromatic rings. The van der Waals surface area contributed by atoms with Crippen LogP contribution in [-0.4, -0.2) is 13.1 Å². The zero-order chi connectivity index (χ0) is 7.56. The summed E-state index contributed by atoms with van der Waals surface area (Å²) in [6.45, 7) is 0. The van der Waals surface area contributed by atoms with Crippen LogP contribution in [0.15, 0.2) is 9.15 Å². The number of ether oxygens (including phenoxy) is 1. The van der Waals surface area contributed by atoms with Gasteiger partial charge in [-0.25, -0.2) is 4.79 Å². The molecule has 56 valence electrons. The third-order valence-electron chi connectivity index (χ3n) is 1.58. The number of carbonyl (C=O) groups excluding carboxylic acids is 1. The summed E-state index contributed by atoms with van der Waals surface area (Å²) in [5, 5.41) is 0. The maximum atomic E-state index is 10.9. The molecule has 0 fully saturated rings. The van der Waals surface area contributed by atoms with Gasteiger partial charge in [-0.15, -0.1) is 0 Å². The SMILES string of the molecule is COC(=O)C1=C(I)CCC1. The molecule has 3 heteroatoms. The minimum atomic E-state index is -0.151. The summed E-state index contributed by atoms with van der Waals surface area (Å²) in [4.78, 5) is 10.9. The van der Waals surface area contributed by atoms with Gasteiger partial charge in [0.15, 0.2) is 0 Å². The minimum Gasteiger partial charge on any atom is -0.466 e. The van der Waals surface area contributed by atoms with E-state index in [-0.39, 0.29) is 5.97 Å². The molecule has 0 bridgehead atoms. The molecular weight excluding hydrogens is 243 g/mol. The zero-order valence-electron chi connectivity index (χ0n) is 5.82. The molecule has 1 aliphatic rings. The highest BCUT2D eigenvalue weighted by Gasteiger charge is 2.18. The molecule has 0 N–H and O–H groups in total. The van der Waals surface area contributed by atoms with Crippen molar-refractivity contribution >= 4 is 28.6 Å². The van der Waals surface area contributed by atoms with Gasteiger partial charge in [-0.3, -0.25) is 0 Å². The van der Waals surface area contributed by atoms with Crippen molar-refractivity contribution < 1.29 is 9.53 Å². The molecule has 0 aromatic heterocycles. The standard InChI is InChI=1S/C7H9IO2/c1-10-7(9)5-3-2-4-6(5)8/h2-4H2,1H3. The lowest BCUT2D eigenvalue weighted by atomic mass is 10.2. The van der Waals surface area contributed by atoms with Crippen molar-refractivity contribution in [2.45, 2.75) is 19.3 Å². The van der Waals surface area contributed by atoms with E-state index in [1.807, 2.05) is 0 Å². The van der Waals surface area contributed by atoms with E-state index in [9.17, 15) is 4.79 Å². The normalized spacial score (nSPS) is 17.8. The third-order valence-corrected chi connectivity index (χ3v) is 2.77. The molecule has 2 nitrogen and oxygen atoms in total. The van der Waals surface area contributed by atoms with Gasteiger partial charge in [-0.2, -0.15) is 0 Å². The van der Waals surface area contributed by atoms with Gasteiger partial charge in [0.2, 0.25) is 0 Å². The first kappa shape index (κ1) is 8.04. The number of rotatable bonds is 1. The Bertz CT molecular complexity index is 184. The van der Waals surface area contributed by atoms with Crippen LogP contribution in [0.25, 0.3) is 0 Å². The van der Waals surface area contributed by atoms with Crippen molar-refractivity contribution in [1.29, 1.82) is 0 Å². The van der Waals surface area contributed by atoms with Crippen molar-refractivity contribution in [1.82, 2.24) is 0 Å². The molecule has 0 spiro atoms. The van der Waals surface area contributed by atoms with Gasteiger partial charge in [-0.05, 0) is 41.9 Å². The van der Waals surface area contributed by atoms with E-state index in [4.69, 9.17) is 0 Å². The molecule has 0 heterocycles. The Kier molecular flexibility index (Phi) is 2.71. The lowest BCUT2D eigenvalue weighted by Gasteiger charge is -1.98. The van der Waals surface area contributed by atoms with Crippen LogP contribution in [0, 0.1) is 0 Å². The van der Waals surface area contributed by atoms with E-state index in [0.717, 1.165) is 24.8 Å². The Labute approximate surface area is 73.8 Å². The highest BCUT2D eigenvalue weighted by molar-refractivity contribution is 14.1. The average Bonchev–Trinajstić information content (AvgIpc) is 2.34. The molecule has 0 saturated carbocycles. The fraction of sp³-hybridized carbons (Fsp3) is 0.571.